The number of likely N-dealkylation sites (tertiary alicyclic amines) is 1. The first-order valence-corrected chi connectivity index (χ1v) is 7.98. The van der Waals surface area contributed by atoms with E-state index in [0.29, 0.717) is 0 Å². The normalized spacial score (nSPS) is 20.7. The van der Waals surface area contributed by atoms with Gasteiger partial charge < -0.3 is 9.47 Å². The molecule has 3 atom stereocenters. The minimum atomic E-state index is -0.492. The Hall–Kier alpha value is -1.88. The van der Waals surface area contributed by atoms with Crippen molar-refractivity contribution in [1.29, 1.82) is 0 Å². The zero-order valence-electron chi connectivity index (χ0n) is 14.0. The number of hydrogen-bond acceptors (Lipinski definition) is 5. The molecule has 1 aromatic carbocycles. The van der Waals surface area contributed by atoms with E-state index in [2.05, 4.69) is 17.0 Å². The van der Waals surface area contributed by atoms with Crippen LogP contribution in [0.1, 0.15) is 18.9 Å². The molecule has 5 nitrogen and oxygen atoms in total. The summed E-state index contributed by atoms with van der Waals surface area (Å²) in [6.45, 7) is 4.31. The fraction of sp³-hybridized carbons (Fsp3) is 0.556. The van der Waals surface area contributed by atoms with E-state index in [-0.39, 0.29) is 17.9 Å². The van der Waals surface area contributed by atoms with E-state index >= 15 is 0 Å². The lowest BCUT2D eigenvalue weighted by Gasteiger charge is -2.25. The third kappa shape index (κ3) is 4.32. The molecule has 0 amide bonds. The summed E-state index contributed by atoms with van der Waals surface area (Å²) < 4.78 is 9.74. The fourth-order valence-electron chi connectivity index (χ4n) is 3.41. The molecule has 23 heavy (non-hydrogen) atoms. The number of hydrogen-bond donors (Lipinski definition) is 0. The van der Waals surface area contributed by atoms with Crippen LogP contribution in [-0.2, 0) is 25.6 Å². The van der Waals surface area contributed by atoms with Gasteiger partial charge in [-0.3, -0.25) is 14.5 Å². The zero-order chi connectivity index (χ0) is 16.8. The van der Waals surface area contributed by atoms with E-state index in [1.807, 2.05) is 18.2 Å². The smallest absolute Gasteiger partial charge is 0.309 e. The maximum Gasteiger partial charge on any atom is 0.309 e. The predicted octanol–water partition coefficient (Wildman–Crippen LogP) is 2.11. The van der Waals surface area contributed by atoms with E-state index in [1.54, 1.807) is 6.92 Å². The first-order valence-electron chi connectivity index (χ1n) is 7.98. The monoisotopic (exact) mass is 319 g/mol. The van der Waals surface area contributed by atoms with Gasteiger partial charge in [-0.15, -0.1) is 0 Å². The van der Waals surface area contributed by atoms with Gasteiger partial charge in [-0.25, -0.2) is 0 Å². The summed E-state index contributed by atoms with van der Waals surface area (Å²) in [5.41, 5.74) is 1.25. The molecule has 1 aromatic rings. The topological polar surface area (TPSA) is 55.8 Å². The lowest BCUT2D eigenvalue weighted by atomic mass is 9.82. The largest absolute Gasteiger partial charge is 0.469 e. The lowest BCUT2D eigenvalue weighted by molar-refractivity contribution is -0.159. The molecule has 1 fully saturated rings. The minimum Gasteiger partial charge on any atom is -0.469 e. The predicted molar refractivity (Wildman–Crippen MR) is 86.5 cm³/mol. The van der Waals surface area contributed by atoms with Crippen LogP contribution in [0.4, 0.5) is 0 Å². The molecule has 0 aliphatic carbocycles. The molecule has 1 saturated heterocycles. The van der Waals surface area contributed by atoms with E-state index < -0.39 is 11.8 Å². The molecular formula is C18H25NO4. The van der Waals surface area contributed by atoms with Crippen LogP contribution in [0.5, 0.6) is 0 Å². The standard InChI is InChI=1S/C18H25NO4/c1-13(17(20)22-2)16(18(21)23-3)15-9-10-19(12-15)11-14-7-5-4-6-8-14/h4-8,13,15-16H,9-12H2,1-3H3/t13?,15-,16-/m0/s1. The van der Waals surface area contributed by atoms with Crippen molar-refractivity contribution >= 4 is 11.9 Å². The van der Waals surface area contributed by atoms with Gasteiger partial charge in [-0.2, -0.15) is 0 Å². The third-order valence-corrected chi connectivity index (χ3v) is 4.65. The molecule has 1 aliphatic heterocycles. The van der Waals surface area contributed by atoms with Gasteiger partial charge in [0, 0.05) is 13.1 Å². The second-order valence-corrected chi connectivity index (χ2v) is 6.13. The van der Waals surface area contributed by atoms with Gasteiger partial charge in [0.15, 0.2) is 0 Å². The van der Waals surface area contributed by atoms with Gasteiger partial charge in [-0.05, 0) is 24.4 Å². The molecule has 5 heteroatoms. The van der Waals surface area contributed by atoms with Crippen LogP contribution in [-0.4, -0.2) is 44.1 Å². The SMILES string of the molecule is COC(=O)C(C)[C@H](C(=O)OC)[C@H]1CCN(Cc2ccccc2)C1. The Kier molecular flexibility index (Phi) is 6.16. The highest BCUT2D eigenvalue weighted by Gasteiger charge is 2.41. The molecule has 0 saturated carbocycles. The molecule has 0 radical (unpaired) electrons. The van der Waals surface area contributed by atoms with Gasteiger partial charge in [0.2, 0.25) is 0 Å². The van der Waals surface area contributed by atoms with Crippen LogP contribution in [0.2, 0.25) is 0 Å². The van der Waals surface area contributed by atoms with Crippen molar-refractivity contribution in [3.05, 3.63) is 35.9 Å². The van der Waals surface area contributed by atoms with Crippen molar-refractivity contribution < 1.29 is 19.1 Å². The zero-order valence-corrected chi connectivity index (χ0v) is 14.0. The Morgan fingerprint density at radius 1 is 1.17 bits per heavy atom. The van der Waals surface area contributed by atoms with Crippen LogP contribution in [0.25, 0.3) is 0 Å². The molecule has 126 valence electrons. The average Bonchev–Trinajstić information content (AvgIpc) is 3.02. The average molecular weight is 319 g/mol. The van der Waals surface area contributed by atoms with Gasteiger partial charge in [0.1, 0.15) is 0 Å². The maximum absolute atomic E-state index is 12.2. The molecular weight excluding hydrogens is 294 g/mol. The number of carbonyl (C=O) groups is 2. The molecule has 1 aliphatic rings. The Balaban J connectivity index is 2.03. The quantitative estimate of drug-likeness (QED) is 0.752. The number of esters is 2. The highest BCUT2D eigenvalue weighted by molar-refractivity contribution is 5.82. The summed E-state index contributed by atoms with van der Waals surface area (Å²) in [4.78, 5) is 26.4. The Morgan fingerprint density at radius 3 is 2.43 bits per heavy atom. The molecule has 0 spiro atoms. The lowest BCUT2D eigenvalue weighted by Crippen LogP contribution is -2.36. The molecule has 1 unspecified atom stereocenters. The molecule has 0 N–H and O–H groups in total. The Morgan fingerprint density at radius 2 is 1.83 bits per heavy atom. The minimum absolute atomic E-state index is 0.111. The summed E-state index contributed by atoms with van der Waals surface area (Å²) in [6.07, 6.45) is 0.883. The first kappa shape index (κ1) is 17.5. The maximum atomic E-state index is 12.2. The number of nitrogens with zero attached hydrogens (tertiary/aromatic N) is 1. The molecule has 2 rings (SSSR count). The molecule has 1 heterocycles. The van der Waals surface area contributed by atoms with Crippen molar-refractivity contribution in [2.24, 2.45) is 17.8 Å². The number of benzene rings is 1. The number of carbonyl (C=O) groups excluding carboxylic acids is 2. The van der Waals surface area contributed by atoms with Crippen molar-refractivity contribution in [2.75, 3.05) is 27.3 Å². The van der Waals surface area contributed by atoms with E-state index in [4.69, 9.17) is 9.47 Å². The van der Waals surface area contributed by atoms with E-state index in [1.165, 1.54) is 19.8 Å². The molecule has 0 bridgehead atoms. The number of methoxy groups -OCH3 is 2. The van der Waals surface area contributed by atoms with Crippen molar-refractivity contribution in [3.8, 4) is 0 Å². The van der Waals surface area contributed by atoms with Crippen LogP contribution < -0.4 is 0 Å². The van der Waals surface area contributed by atoms with Crippen molar-refractivity contribution in [2.45, 2.75) is 19.9 Å². The highest BCUT2D eigenvalue weighted by Crippen LogP contribution is 2.32. The summed E-state index contributed by atoms with van der Waals surface area (Å²) in [6, 6.07) is 10.3. The first-order chi connectivity index (χ1) is 11.1. The highest BCUT2D eigenvalue weighted by atomic mass is 16.5. The summed E-state index contributed by atoms with van der Waals surface area (Å²) >= 11 is 0. The molecule has 0 aromatic heterocycles. The Bertz CT molecular complexity index is 531. The van der Waals surface area contributed by atoms with Crippen molar-refractivity contribution in [1.82, 2.24) is 4.90 Å². The van der Waals surface area contributed by atoms with Gasteiger partial charge >= 0.3 is 11.9 Å². The van der Waals surface area contributed by atoms with Crippen molar-refractivity contribution in [3.63, 3.8) is 0 Å². The van der Waals surface area contributed by atoms with Crippen LogP contribution >= 0.6 is 0 Å². The summed E-state index contributed by atoms with van der Waals surface area (Å²) in [7, 11) is 2.72. The van der Waals surface area contributed by atoms with E-state index in [9.17, 15) is 9.59 Å². The summed E-state index contributed by atoms with van der Waals surface area (Å²) in [5, 5.41) is 0. The second-order valence-electron chi connectivity index (χ2n) is 6.13. The van der Waals surface area contributed by atoms with Crippen LogP contribution in [0.3, 0.4) is 0 Å². The summed E-state index contributed by atoms with van der Waals surface area (Å²) in [5.74, 6) is -1.51. The van der Waals surface area contributed by atoms with Gasteiger partial charge in [-0.1, -0.05) is 37.3 Å². The second kappa shape index (κ2) is 8.11. The number of rotatable bonds is 6. The van der Waals surface area contributed by atoms with Crippen LogP contribution in [0, 0.1) is 17.8 Å². The third-order valence-electron chi connectivity index (χ3n) is 4.65. The van der Waals surface area contributed by atoms with Gasteiger partial charge in [0.05, 0.1) is 26.1 Å². The Labute approximate surface area is 137 Å². The number of ether oxygens (including phenoxy) is 2. The van der Waals surface area contributed by atoms with E-state index in [0.717, 1.165) is 26.1 Å². The van der Waals surface area contributed by atoms with Crippen LogP contribution in [0.15, 0.2) is 30.3 Å². The fourth-order valence-corrected chi connectivity index (χ4v) is 3.41. The van der Waals surface area contributed by atoms with Gasteiger partial charge in [0.25, 0.3) is 0 Å².